The van der Waals surface area contributed by atoms with Crippen molar-refractivity contribution in [3.8, 4) is 5.75 Å². The maximum absolute atomic E-state index is 13.2. The fourth-order valence-electron chi connectivity index (χ4n) is 3.10. The monoisotopic (exact) mass is 459 g/mol. The molecule has 1 N–H and O–H groups in total. The summed E-state index contributed by atoms with van der Waals surface area (Å²) < 4.78 is 12.3. The molecule has 0 fully saturated rings. The quantitative estimate of drug-likeness (QED) is 0.279. The Hall–Kier alpha value is -2.87. The number of benzene rings is 2. The van der Waals surface area contributed by atoms with Gasteiger partial charge in [-0.2, -0.15) is 0 Å². The third-order valence-corrected chi connectivity index (χ3v) is 6.19. The minimum atomic E-state index is -0.344. The average Bonchev–Trinajstić information content (AvgIpc) is 3.13. The smallest absolute Gasteiger partial charge is 0.256 e. The Kier molecular flexibility index (Phi) is 5.76. The second-order valence-corrected chi connectivity index (χ2v) is 8.07. The van der Waals surface area contributed by atoms with E-state index >= 15 is 0 Å². The van der Waals surface area contributed by atoms with Gasteiger partial charge in [0.2, 0.25) is 0 Å². The molecule has 1 amide bonds. The van der Waals surface area contributed by atoms with Crippen LogP contribution in [0, 0.1) is 0 Å². The summed E-state index contributed by atoms with van der Waals surface area (Å²) in [6.45, 7) is 0. The highest BCUT2D eigenvalue weighted by Crippen LogP contribution is 2.43. The first-order valence-electron chi connectivity index (χ1n) is 8.72. The van der Waals surface area contributed by atoms with Gasteiger partial charge in [0.15, 0.2) is 6.40 Å². The fraction of sp³-hybridized carbons (Fsp3) is 0.0952. The van der Waals surface area contributed by atoms with Gasteiger partial charge < -0.3 is 14.8 Å². The summed E-state index contributed by atoms with van der Waals surface area (Å²) in [5, 5.41) is 4.96. The average molecular weight is 460 g/mol. The molecule has 4 aromatic rings. The van der Waals surface area contributed by atoms with Gasteiger partial charge in [-0.05, 0) is 30.3 Å². The van der Waals surface area contributed by atoms with E-state index in [-0.39, 0.29) is 16.0 Å². The number of nitrogens with zero attached hydrogens (tertiary/aromatic N) is 2. The van der Waals surface area contributed by atoms with E-state index in [0.29, 0.717) is 22.7 Å². The molecule has 0 aliphatic carbocycles. The molecule has 0 spiro atoms. The number of amides is 1. The van der Waals surface area contributed by atoms with Crippen LogP contribution in [-0.4, -0.2) is 31.5 Å². The maximum Gasteiger partial charge on any atom is 0.256 e. The van der Waals surface area contributed by atoms with Crippen LogP contribution in [0.2, 0.25) is 10.0 Å². The van der Waals surface area contributed by atoms with E-state index in [1.165, 1.54) is 37.2 Å². The van der Waals surface area contributed by atoms with Crippen LogP contribution in [0.25, 0.3) is 20.2 Å². The highest BCUT2D eigenvalue weighted by molar-refractivity contribution is 7.26. The first-order chi connectivity index (χ1) is 14.5. The van der Waals surface area contributed by atoms with E-state index in [4.69, 9.17) is 32.7 Å². The summed E-state index contributed by atoms with van der Waals surface area (Å²) in [5.74, 6) is 0.341. The largest absolute Gasteiger partial charge is 0.495 e. The summed E-state index contributed by atoms with van der Waals surface area (Å²) in [6, 6.07) is 9.24. The highest BCUT2D eigenvalue weighted by Gasteiger charge is 2.20. The van der Waals surface area contributed by atoms with E-state index in [1.807, 2.05) is 18.2 Å². The number of hydrogen-bond donors (Lipinski definition) is 1. The van der Waals surface area contributed by atoms with Gasteiger partial charge in [-0.1, -0.05) is 23.2 Å². The second-order valence-electron chi connectivity index (χ2n) is 6.20. The SMILES string of the molecule is CO/C=N/c1ccc2sc3c(OC)ccc(C(=O)Nc4c(Cl)cncc4Cl)c3c2c1. The van der Waals surface area contributed by atoms with Gasteiger partial charge in [0.25, 0.3) is 5.91 Å². The second kappa shape index (κ2) is 8.47. The Bertz CT molecular complexity index is 1280. The molecule has 0 aliphatic rings. The van der Waals surface area contributed by atoms with Crippen molar-refractivity contribution in [2.45, 2.75) is 0 Å². The van der Waals surface area contributed by atoms with Gasteiger partial charge in [-0.15, -0.1) is 11.3 Å². The minimum Gasteiger partial charge on any atom is -0.495 e. The molecule has 9 heteroatoms. The molecule has 30 heavy (non-hydrogen) atoms. The molecule has 0 unspecified atom stereocenters. The number of ether oxygens (including phenoxy) is 2. The number of aliphatic imine (C=N–C) groups is 1. The van der Waals surface area contributed by atoms with Crippen molar-refractivity contribution in [2.24, 2.45) is 4.99 Å². The number of rotatable bonds is 5. The molecule has 0 bridgehead atoms. The summed E-state index contributed by atoms with van der Waals surface area (Å²) >= 11 is 13.9. The Morgan fingerprint density at radius 3 is 2.63 bits per heavy atom. The van der Waals surface area contributed by atoms with E-state index in [0.717, 1.165) is 20.2 Å². The van der Waals surface area contributed by atoms with Gasteiger partial charge in [0.1, 0.15) is 5.75 Å². The number of carbonyl (C=O) groups excluding carboxylic acids is 1. The Balaban J connectivity index is 1.90. The summed E-state index contributed by atoms with van der Waals surface area (Å²) in [6.07, 6.45) is 4.21. The summed E-state index contributed by atoms with van der Waals surface area (Å²) in [4.78, 5) is 21.4. The van der Waals surface area contributed by atoms with Gasteiger partial charge in [0, 0.05) is 33.4 Å². The molecular formula is C21H15Cl2N3O3S. The number of nitrogens with one attached hydrogen (secondary N) is 1. The molecule has 0 atom stereocenters. The number of carbonyl (C=O) groups is 1. The van der Waals surface area contributed by atoms with Crippen molar-refractivity contribution < 1.29 is 14.3 Å². The Morgan fingerprint density at radius 1 is 1.17 bits per heavy atom. The van der Waals surface area contributed by atoms with Crippen LogP contribution >= 0.6 is 34.5 Å². The third-order valence-electron chi connectivity index (χ3n) is 4.43. The van der Waals surface area contributed by atoms with E-state index in [2.05, 4.69) is 15.3 Å². The lowest BCUT2D eigenvalue weighted by Crippen LogP contribution is -2.13. The van der Waals surface area contributed by atoms with Gasteiger partial charge >= 0.3 is 0 Å². The fourth-order valence-corrected chi connectivity index (χ4v) is 4.76. The van der Waals surface area contributed by atoms with E-state index < -0.39 is 0 Å². The number of pyridine rings is 1. The number of halogens is 2. The molecule has 2 aromatic heterocycles. The molecule has 0 radical (unpaired) electrons. The lowest BCUT2D eigenvalue weighted by atomic mass is 10.0. The highest BCUT2D eigenvalue weighted by atomic mass is 35.5. The molecule has 2 aromatic carbocycles. The lowest BCUT2D eigenvalue weighted by molar-refractivity contribution is 0.102. The summed E-state index contributed by atoms with van der Waals surface area (Å²) in [5.41, 5.74) is 1.49. The minimum absolute atomic E-state index is 0.256. The van der Waals surface area contributed by atoms with E-state index in [1.54, 1.807) is 19.2 Å². The molecular weight excluding hydrogens is 445 g/mol. The number of methoxy groups -OCH3 is 2. The van der Waals surface area contributed by atoms with Crippen LogP contribution < -0.4 is 10.1 Å². The number of fused-ring (bicyclic) bond motifs is 3. The van der Waals surface area contributed by atoms with Crippen molar-refractivity contribution in [2.75, 3.05) is 19.5 Å². The zero-order valence-electron chi connectivity index (χ0n) is 15.9. The normalized spacial score (nSPS) is 11.3. The van der Waals surface area contributed by atoms with Crippen LogP contribution in [0.5, 0.6) is 5.75 Å². The standard InChI is InChI=1S/C21H15Cl2N3O3S/c1-28-10-25-11-3-6-17-13(7-11)18-12(4-5-16(29-2)20(18)30-17)21(27)26-19-14(22)8-24-9-15(19)23/h3-10H,1-2H3,(H,24,26,27)/b25-10+. The van der Waals surface area contributed by atoms with Gasteiger partial charge in [0.05, 0.1) is 40.3 Å². The zero-order chi connectivity index (χ0) is 21.3. The number of aromatic nitrogens is 1. The molecule has 0 saturated carbocycles. The van der Waals surface area contributed by atoms with E-state index in [9.17, 15) is 4.79 Å². The molecule has 2 heterocycles. The zero-order valence-corrected chi connectivity index (χ0v) is 18.2. The van der Waals surface area contributed by atoms with Crippen LogP contribution in [0.3, 0.4) is 0 Å². The number of anilines is 1. The molecule has 4 rings (SSSR count). The predicted octanol–water partition coefficient (Wildman–Crippen LogP) is 6.32. The molecule has 152 valence electrons. The molecule has 0 aliphatic heterocycles. The molecule has 0 saturated heterocycles. The first kappa shape index (κ1) is 20.4. The third kappa shape index (κ3) is 3.67. The summed E-state index contributed by atoms with van der Waals surface area (Å²) in [7, 11) is 3.13. The Morgan fingerprint density at radius 2 is 1.93 bits per heavy atom. The predicted molar refractivity (Wildman–Crippen MR) is 123 cm³/mol. The number of hydrogen-bond acceptors (Lipinski definition) is 6. The van der Waals surface area contributed by atoms with Crippen molar-refractivity contribution in [3.05, 3.63) is 58.3 Å². The molecule has 6 nitrogen and oxygen atoms in total. The van der Waals surface area contributed by atoms with Crippen molar-refractivity contribution >= 4 is 78.4 Å². The maximum atomic E-state index is 13.2. The van der Waals surface area contributed by atoms with Crippen molar-refractivity contribution in [3.63, 3.8) is 0 Å². The first-order valence-corrected chi connectivity index (χ1v) is 10.3. The van der Waals surface area contributed by atoms with Crippen LogP contribution in [0.1, 0.15) is 10.4 Å². The van der Waals surface area contributed by atoms with Gasteiger partial charge in [-0.25, -0.2) is 4.99 Å². The van der Waals surface area contributed by atoms with Crippen LogP contribution in [0.4, 0.5) is 11.4 Å². The van der Waals surface area contributed by atoms with Crippen LogP contribution in [0.15, 0.2) is 47.7 Å². The van der Waals surface area contributed by atoms with Crippen molar-refractivity contribution in [1.82, 2.24) is 4.98 Å². The lowest BCUT2D eigenvalue weighted by Gasteiger charge is -2.11. The number of thiophene rings is 1. The Labute approximate surface area is 186 Å². The van der Waals surface area contributed by atoms with Gasteiger partial charge in [-0.3, -0.25) is 9.78 Å². The topological polar surface area (TPSA) is 72.8 Å². The van der Waals surface area contributed by atoms with Crippen molar-refractivity contribution in [1.29, 1.82) is 0 Å². The van der Waals surface area contributed by atoms with Crippen LogP contribution in [-0.2, 0) is 4.74 Å².